The average Bonchev–Trinajstić information content (AvgIpc) is 2.30. The minimum Gasteiger partial charge on any atom is -0.395 e. The number of rotatable bonds is 5. The fraction of sp³-hybridized carbons (Fsp3) is 0.500. The van der Waals surface area contributed by atoms with Crippen molar-refractivity contribution in [2.45, 2.75) is 38.1 Å². The van der Waals surface area contributed by atoms with Crippen molar-refractivity contribution >= 4 is 26.0 Å². The van der Waals surface area contributed by atoms with Crippen molar-refractivity contribution in [1.29, 1.82) is 0 Å². The lowest BCUT2D eigenvalue weighted by molar-refractivity contribution is 0.254. The second-order valence-electron chi connectivity index (χ2n) is 4.28. The Kier molecular flexibility index (Phi) is 5.33. The lowest BCUT2D eigenvalue weighted by atomic mass is 10.2. The molecule has 0 saturated carbocycles. The minimum atomic E-state index is -3.59. The molecule has 1 atom stereocenters. The Balaban J connectivity index is 3.16. The van der Waals surface area contributed by atoms with E-state index in [4.69, 9.17) is 5.11 Å². The Labute approximate surface area is 117 Å². The second-order valence-corrected chi connectivity index (χ2v) is 6.81. The highest BCUT2D eigenvalue weighted by Gasteiger charge is 2.21. The number of aryl methyl sites for hydroxylation is 2. The fourth-order valence-electron chi connectivity index (χ4n) is 1.63. The summed E-state index contributed by atoms with van der Waals surface area (Å²) >= 11 is 3.33. The third-order valence-electron chi connectivity index (χ3n) is 2.78. The first-order chi connectivity index (χ1) is 8.31. The standard InChI is InChI=1S/C12H18BrNO3S/c1-4-10(7-15)14-18(16,17)12-6-11(13)8(2)5-9(12)3/h5-6,10,14-15H,4,7H2,1-3H3. The summed E-state index contributed by atoms with van der Waals surface area (Å²) < 4.78 is 27.7. The van der Waals surface area contributed by atoms with Gasteiger partial charge in [0.05, 0.1) is 11.5 Å². The minimum absolute atomic E-state index is 0.207. The molecular weight excluding hydrogens is 318 g/mol. The van der Waals surface area contributed by atoms with E-state index in [-0.39, 0.29) is 11.5 Å². The molecule has 0 saturated heterocycles. The molecule has 0 heterocycles. The van der Waals surface area contributed by atoms with Gasteiger partial charge in [-0.3, -0.25) is 0 Å². The van der Waals surface area contributed by atoms with Crippen LogP contribution in [-0.4, -0.2) is 26.2 Å². The molecule has 0 aliphatic rings. The topological polar surface area (TPSA) is 66.4 Å². The number of hydrogen-bond acceptors (Lipinski definition) is 3. The molecule has 4 nitrogen and oxygen atoms in total. The van der Waals surface area contributed by atoms with Gasteiger partial charge in [0.25, 0.3) is 0 Å². The van der Waals surface area contributed by atoms with Crippen molar-refractivity contribution in [3.8, 4) is 0 Å². The molecule has 0 aliphatic carbocycles. The molecule has 1 rings (SSSR count). The molecule has 1 unspecified atom stereocenters. The third kappa shape index (κ3) is 3.54. The SMILES string of the molecule is CCC(CO)NS(=O)(=O)c1cc(Br)c(C)cc1C. The van der Waals surface area contributed by atoms with Crippen LogP contribution in [0.2, 0.25) is 0 Å². The first kappa shape index (κ1) is 15.6. The average molecular weight is 336 g/mol. The first-order valence-corrected chi connectivity index (χ1v) is 7.99. The second kappa shape index (κ2) is 6.14. The molecule has 0 bridgehead atoms. The summed E-state index contributed by atoms with van der Waals surface area (Å²) in [5, 5.41) is 9.07. The van der Waals surface area contributed by atoms with E-state index in [1.165, 1.54) is 0 Å². The third-order valence-corrected chi connectivity index (χ3v) is 5.30. The number of nitrogens with one attached hydrogen (secondary N) is 1. The van der Waals surface area contributed by atoms with Crippen molar-refractivity contribution in [3.05, 3.63) is 27.7 Å². The number of hydrogen-bond donors (Lipinski definition) is 2. The Bertz CT molecular complexity index is 524. The molecule has 6 heteroatoms. The summed E-state index contributed by atoms with van der Waals surface area (Å²) in [7, 11) is -3.59. The first-order valence-electron chi connectivity index (χ1n) is 5.71. The molecule has 0 radical (unpaired) electrons. The molecule has 0 amide bonds. The lowest BCUT2D eigenvalue weighted by Crippen LogP contribution is -2.37. The zero-order valence-corrected chi connectivity index (χ0v) is 13.1. The van der Waals surface area contributed by atoms with E-state index in [9.17, 15) is 8.42 Å². The van der Waals surface area contributed by atoms with Crippen LogP contribution < -0.4 is 4.72 Å². The fourth-order valence-corrected chi connectivity index (χ4v) is 3.69. The highest BCUT2D eigenvalue weighted by atomic mass is 79.9. The van der Waals surface area contributed by atoms with Crippen LogP contribution in [-0.2, 0) is 10.0 Å². The monoisotopic (exact) mass is 335 g/mol. The Hall–Kier alpha value is -0.430. The van der Waals surface area contributed by atoms with Gasteiger partial charge in [-0.2, -0.15) is 0 Å². The van der Waals surface area contributed by atoms with Gasteiger partial charge in [0.1, 0.15) is 0 Å². The lowest BCUT2D eigenvalue weighted by Gasteiger charge is -2.16. The summed E-state index contributed by atoms with van der Waals surface area (Å²) in [5.41, 5.74) is 1.68. The van der Waals surface area contributed by atoms with Crippen LogP contribution >= 0.6 is 15.9 Å². The largest absolute Gasteiger partial charge is 0.395 e. The predicted molar refractivity (Wildman–Crippen MR) is 75.1 cm³/mol. The zero-order valence-electron chi connectivity index (χ0n) is 10.7. The van der Waals surface area contributed by atoms with E-state index in [1.54, 1.807) is 13.0 Å². The summed E-state index contributed by atoms with van der Waals surface area (Å²) in [5.74, 6) is 0. The molecule has 0 aromatic heterocycles. The van der Waals surface area contributed by atoms with Crippen LogP contribution in [0.5, 0.6) is 0 Å². The summed E-state index contributed by atoms with van der Waals surface area (Å²) in [6.07, 6.45) is 0.543. The number of halogens is 1. The van der Waals surface area contributed by atoms with Gasteiger partial charge >= 0.3 is 0 Å². The quantitative estimate of drug-likeness (QED) is 0.866. The van der Waals surface area contributed by atoms with Crippen LogP contribution in [0, 0.1) is 13.8 Å². The molecule has 1 aromatic carbocycles. The maximum Gasteiger partial charge on any atom is 0.241 e. The van der Waals surface area contributed by atoms with Crippen molar-refractivity contribution in [1.82, 2.24) is 4.72 Å². The van der Waals surface area contributed by atoms with E-state index < -0.39 is 16.1 Å². The number of aliphatic hydroxyl groups is 1. The van der Waals surface area contributed by atoms with Gasteiger partial charge in [0.2, 0.25) is 10.0 Å². The molecule has 102 valence electrons. The molecule has 1 aromatic rings. The van der Waals surface area contributed by atoms with Gasteiger partial charge in [0, 0.05) is 10.5 Å². The highest BCUT2D eigenvalue weighted by Crippen LogP contribution is 2.24. The zero-order chi connectivity index (χ0) is 13.9. The molecule has 2 N–H and O–H groups in total. The molecular formula is C12H18BrNO3S. The van der Waals surface area contributed by atoms with Crippen molar-refractivity contribution in [2.75, 3.05) is 6.61 Å². The molecule has 0 fully saturated rings. The number of benzene rings is 1. The predicted octanol–water partition coefficient (Wildman–Crippen LogP) is 2.12. The Morgan fingerprint density at radius 3 is 2.44 bits per heavy atom. The Morgan fingerprint density at radius 1 is 1.33 bits per heavy atom. The van der Waals surface area contributed by atoms with E-state index in [1.807, 2.05) is 19.9 Å². The van der Waals surface area contributed by atoms with E-state index in [0.717, 1.165) is 10.0 Å². The van der Waals surface area contributed by atoms with Crippen LogP contribution in [0.4, 0.5) is 0 Å². The molecule has 0 aliphatic heterocycles. The summed E-state index contributed by atoms with van der Waals surface area (Å²) in [4.78, 5) is 0.242. The maximum absolute atomic E-state index is 12.2. The van der Waals surface area contributed by atoms with Crippen LogP contribution in [0.15, 0.2) is 21.5 Å². The van der Waals surface area contributed by atoms with Gasteiger partial charge < -0.3 is 5.11 Å². The Morgan fingerprint density at radius 2 is 1.94 bits per heavy atom. The highest BCUT2D eigenvalue weighted by molar-refractivity contribution is 9.10. The smallest absolute Gasteiger partial charge is 0.241 e. The van der Waals surface area contributed by atoms with Gasteiger partial charge in [-0.25, -0.2) is 13.1 Å². The molecule has 0 spiro atoms. The van der Waals surface area contributed by atoms with Crippen molar-refractivity contribution in [2.24, 2.45) is 0 Å². The van der Waals surface area contributed by atoms with E-state index in [2.05, 4.69) is 20.7 Å². The number of aliphatic hydroxyl groups excluding tert-OH is 1. The van der Waals surface area contributed by atoms with Gasteiger partial charge in [-0.15, -0.1) is 0 Å². The summed E-state index contributed by atoms with van der Waals surface area (Å²) in [6, 6.07) is 2.96. The molecule has 18 heavy (non-hydrogen) atoms. The van der Waals surface area contributed by atoms with Gasteiger partial charge in [-0.05, 0) is 37.5 Å². The maximum atomic E-state index is 12.2. The normalized spacial score (nSPS) is 13.6. The van der Waals surface area contributed by atoms with E-state index in [0.29, 0.717) is 12.0 Å². The summed E-state index contributed by atoms with van der Waals surface area (Å²) in [6.45, 7) is 5.28. The van der Waals surface area contributed by atoms with Gasteiger partial charge in [0.15, 0.2) is 0 Å². The van der Waals surface area contributed by atoms with Crippen molar-refractivity contribution in [3.63, 3.8) is 0 Å². The van der Waals surface area contributed by atoms with Gasteiger partial charge in [-0.1, -0.05) is 28.9 Å². The van der Waals surface area contributed by atoms with Crippen molar-refractivity contribution < 1.29 is 13.5 Å². The van der Waals surface area contributed by atoms with E-state index >= 15 is 0 Å². The van der Waals surface area contributed by atoms with Crippen LogP contribution in [0.25, 0.3) is 0 Å². The number of sulfonamides is 1. The van der Waals surface area contributed by atoms with Crippen LogP contribution in [0.3, 0.4) is 0 Å². The van der Waals surface area contributed by atoms with Crippen LogP contribution in [0.1, 0.15) is 24.5 Å².